The van der Waals surface area contributed by atoms with Gasteiger partial charge in [0.25, 0.3) is 5.91 Å². The summed E-state index contributed by atoms with van der Waals surface area (Å²) in [5.41, 5.74) is 2.11. The van der Waals surface area contributed by atoms with Crippen molar-refractivity contribution in [2.75, 3.05) is 6.54 Å². The molecule has 0 unspecified atom stereocenters. The second-order valence-electron chi connectivity index (χ2n) is 5.51. The number of ether oxygens (including phenoxy) is 1. The van der Waals surface area contributed by atoms with E-state index in [0.717, 1.165) is 24.0 Å². The number of hydrogen-bond donors (Lipinski definition) is 0. The number of likely N-dealkylation sites (N-methyl/N-ethyl adjacent to an activating group) is 1. The molecule has 0 N–H and O–H groups in total. The highest BCUT2D eigenvalue weighted by molar-refractivity contribution is 14.1. The number of carbonyl (C=O) groups is 1. The zero-order chi connectivity index (χ0) is 18.7. The van der Waals surface area contributed by atoms with Gasteiger partial charge in [0.15, 0.2) is 0 Å². The fourth-order valence-electron chi connectivity index (χ4n) is 2.45. The molecule has 0 atom stereocenters. The Morgan fingerprint density at radius 3 is 2.42 bits per heavy atom. The van der Waals surface area contributed by atoms with E-state index in [1.165, 1.54) is 11.8 Å². The van der Waals surface area contributed by atoms with Crippen LogP contribution in [0.2, 0.25) is 0 Å². The predicted molar refractivity (Wildman–Crippen MR) is 128 cm³/mol. The zero-order valence-corrected chi connectivity index (χ0v) is 19.8. The lowest BCUT2D eigenvalue weighted by atomic mass is 10.2. The molecule has 1 amide bonds. The molecule has 1 saturated heterocycles. The molecule has 1 fully saturated rings. The molecule has 0 radical (unpaired) electrons. The summed E-state index contributed by atoms with van der Waals surface area (Å²) in [5.74, 6) is 0.852. The minimum Gasteiger partial charge on any atom is -0.487 e. The van der Waals surface area contributed by atoms with E-state index in [4.69, 9.17) is 17.0 Å². The van der Waals surface area contributed by atoms with E-state index in [0.29, 0.717) is 22.4 Å². The smallest absolute Gasteiger partial charge is 0.266 e. The van der Waals surface area contributed by atoms with Crippen LogP contribution in [0.4, 0.5) is 0 Å². The molecular formula is C19H15I2NO2S2. The Bertz CT molecular complexity index is 861. The summed E-state index contributed by atoms with van der Waals surface area (Å²) in [5, 5.41) is 0. The molecule has 134 valence electrons. The average molecular weight is 607 g/mol. The van der Waals surface area contributed by atoms with E-state index >= 15 is 0 Å². The Balaban J connectivity index is 1.80. The van der Waals surface area contributed by atoms with Crippen LogP contribution in [-0.2, 0) is 11.4 Å². The van der Waals surface area contributed by atoms with Crippen LogP contribution in [0.5, 0.6) is 5.75 Å². The molecular weight excluding hydrogens is 592 g/mol. The van der Waals surface area contributed by atoms with Gasteiger partial charge in [0.1, 0.15) is 16.7 Å². The number of amides is 1. The fraction of sp³-hybridized carbons (Fsp3) is 0.158. The van der Waals surface area contributed by atoms with Crippen LogP contribution in [-0.4, -0.2) is 21.7 Å². The van der Waals surface area contributed by atoms with E-state index < -0.39 is 0 Å². The zero-order valence-electron chi connectivity index (χ0n) is 13.9. The minimum atomic E-state index is -0.0167. The summed E-state index contributed by atoms with van der Waals surface area (Å²) < 4.78 is 8.67. The SMILES string of the molecule is CCN1C(=O)/C(=C/c2cc(I)c(OCc3ccccc3)c(I)c2)SC1=S. The highest BCUT2D eigenvalue weighted by atomic mass is 127. The number of thiocarbonyl (C=S) groups is 1. The Morgan fingerprint density at radius 2 is 1.85 bits per heavy atom. The molecule has 0 bridgehead atoms. The van der Waals surface area contributed by atoms with Crippen molar-refractivity contribution in [2.24, 2.45) is 0 Å². The van der Waals surface area contributed by atoms with E-state index in [2.05, 4.69) is 45.2 Å². The van der Waals surface area contributed by atoms with Crippen molar-refractivity contribution >= 4 is 85.5 Å². The topological polar surface area (TPSA) is 29.5 Å². The lowest BCUT2D eigenvalue weighted by molar-refractivity contribution is -0.121. The molecule has 26 heavy (non-hydrogen) atoms. The molecule has 1 aliphatic rings. The van der Waals surface area contributed by atoms with Crippen LogP contribution in [0.25, 0.3) is 6.08 Å². The Labute approximate surface area is 189 Å². The Hall–Kier alpha value is -0.650. The summed E-state index contributed by atoms with van der Waals surface area (Å²) >= 11 is 11.2. The summed E-state index contributed by atoms with van der Waals surface area (Å²) in [6.07, 6.45) is 1.90. The van der Waals surface area contributed by atoms with Gasteiger partial charge in [0.2, 0.25) is 0 Å². The molecule has 3 nitrogen and oxygen atoms in total. The molecule has 1 aliphatic heterocycles. The van der Waals surface area contributed by atoms with Gasteiger partial charge in [-0.15, -0.1) is 0 Å². The maximum Gasteiger partial charge on any atom is 0.266 e. The monoisotopic (exact) mass is 607 g/mol. The first-order valence-electron chi connectivity index (χ1n) is 7.90. The normalized spacial score (nSPS) is 15.8. The largest absolute Gasteiger partial charge is 0.487 e. The van der Waals surface area contributed by atoms with Crippen molar-refractivity contribution in [3.8, 4) is 5.75 Å². The minimum absolute atomic E-state index is 0.0167. The highest BCUT2D eigenvalue weighted by Crippen LogP contribution is 2.35. The van der Waals surface area contributed by atoms with Gasteiger partial charge in [-0.1, -0.05) is 54.3 Å². The molecule has 2 aromatic rings. The van der Waals surface area contributed by atoms with Crippen LogP contribution >= 0.6 is 69.2 Å². The summed E-state index contributed by atoms with van der Waals surface area (Å²) in [7, 11) is 0. The second-order valence-corrected chi connectivity index (χ2v) is 9.51. The number of thioether (sulfide) groups is 1. The van der Waals surface area contributed by atoms with Crippen molar-refractivity contribution in [3.63, 3.8) is 0 Å². The maximum atomic E-state index is 12.4. The maximum absolute atomic E-state index is 12.4. The van der Waals surface area contributed by atoms with Crippen LogP contribution in [0.1, 0.15) is 18.1 Å². The van der Waals surface area contributed by atoms with Crippen LogP contribution < -0.4 is 4.74 Å². The average Bonchev–Trinajstić information content (AvgIpc) is 2.88. The molecule has 7 heteroatoms. The van der Waals surface area contributed by atoms with Crippen LogP contribution in [0.3, 0.4) is 0 Å². The lowest BCUT2D eigenvalue weighted by Gasteiger charge is -2.12. The van der Waals surface area contributed by atoms with Gasteiger partial charge in [-0.2, -0.15) is 0 Å². The number of hydrogen-bond acceptors (Lipinski definition) is 4. The quantitative estimate of drug-likeness (QED) is 0.248. The van der Waals surface area contributed by atoms with Crippen molar-refractivity contribution in [1.82, 2.24) is 4.90 Å². The summed E-state index contributed by atoms with van der Waals surface area (Å²) in [6.45, 7) is 3.06. The molecule has 0 aromatic heterocycles. The molecule has 3 rings (SSSR count). The fourth-order valence-corrected chi connectivity index (χ4v) is 5.97. The predicted octanol–water partition coefficient (Wildman–Crippen LogP) is 5.70. The van der Waals surface area contributed by atoms with E-state index in [-0.39, 0.29) is 5.91 Å². The number of benzene rings is 2. The first-order valence-corrected chi connectivity index (χ1v) is 11.3. The second kappa shape index (κ2) is 9.03. The standard InChI is InChI=1S/C19H15I2NO2S2/c1-2-22-18(23)16(26-19(22)25)10-13-8-14(20)17(15(21)9-13)24-11-12-6-4-3-5-7-12/h3-10H,2,11H2,1H3/b16-10-. The third kappa shape index (κ3) is 4.60. The summed E-state index contributed by atoms with van der Waals surface area (Å²) in [4.78, 5) is 14.7. The summed E-state index contributed by atoms with van der Waals surface area (Å²) in [6, 6.07) is 14.2. The Kier molecular flexibility index (Phi) is 6.98. The number of nitrogens with zero attached hydrogens (tertiary/aromatic N) is 1. The van der Waals surface area contributed by atoms with Crippen molar-refractivity contribution in [1.29, 1.82) is 0 Å². The molecule has 1 heterocycles. The first-order chi connectivity index (χ1) is 12.5. The molecule has 0 saturated carbocycles. The van der Waals surface area contributed by atoms with Gasteiger partial charge >= 0.3 is 0 Å². The third-order valence-corrected chi connectivity index (χ3v) is 6.71. The van der Waals surface area contributed by atoms with E-state index in [9.17, 15) is 4.79 Å². The number of rotatable bonds is 5. The molecule has 0 spiro atoms. The van der Waals surface area contributed by atoms with Gasteiger partial charge < -0.3 is 4.74 Å². The van der Waals surface area contributed by atoms with E-state index in [1.807, 2.05) is 55.5 Å². The molecule has 0 aliphatic carbocycles. The van der Waals surface area contributed by atoms with Crippen LogP contribution in [0.15, 0.2) is 47.4 Å². The van der Waals surface area contributed by atoms with Gasteiger partial charge in [-0.25, -0.2) is 0 Å². The lowest BCUT2D eigenvalue weighted by Crippen LogP contribution is -2.27. The number of halogens is 2. The first kappa shape index (κ1) is 20.1. The van der Waals surface area contributed by atoms with Gasteiger partial charge in [-0.05, 0) is 81.4 Å². The van der Waals surface area contributed by atoms with Gasteiger partial charge in [0, 0.05) is 6.54 Å². The van der Waals surface area contributed by atoms with Crippen LogP contribution in [0, 0.1) is 7.14 Å². The van der Waals surface area contributed by atoms with Crippen molar-refractivity contribution < 1.29 is 9.53 Å². The van der Waals surface area contributed by atoms with Crippen molar-refractivity contribution in [2.45, 2.75) is 13.5 Å². The Morgan fingerprint density at radius 1 is 1.19 bits per heavy atom. The van der Waals surface area contributed by atoms with E-state index in [1.54, 1.807) is 4.90 Å². The number of carbonyl (C=O) groups excluding carboxylic acids is 1. The highest BCUT2D eigenvalue weighted by Gasteiger charge is 2.30. The van der Waals surface area contributed by atoms with Gasteiger partial charge in [-0.3, -0.25) is 9.69 Å². The third-order valence-electron chi connectivity index (χ3n) is 3.73. The van der Waals surface area contributed by atoms with Gasteiger partial charge in [0.05, 0.1) is 12.0 Å². The van der Waals surface area contributed by atoms with Crippen molar-refractivity contribution in [3.05, 3.63) is 65.6 Å². The molecule has 2 aromatic carbocycles.